The highest BCUT2D eigenvalue weighted by Crippen LogP contribution is 2.28. The van der Waals surface area contributed by atoms with Gasteiger partial charge in [0.2, 0.25) is 5.91 Å². The number of thioether (sulfide) groups is 1. The standard InChI is InChI=1S/C17H22N2O4S/c1-11(2)18-15(20)10-23-17(22)12-7-16(21)19(9-12)13-5-4-6-14(8-13)24-3/h4-6,8,11-12H,7,9-10H2,1-3H3,(H,18,20)/t12-/m1/s1. The van der Waals surface area contributed by atoms with Crippen molar-refractivity contribution in [3.05, 3.63) is 24.3 Å². The lowest BCUT2D eigenvalue weighted by molar-refractivity contribution is -0.152. The predicted octanol–water partition coefficient (Wildman–Crippen LogP) is 1.83. The molecule has 1 fully saturated rings. The number of benzene rings is 1. The minimum Gasteiger partial charge on any atom is -0.455 e. The first-order chi connectivity index (χ1) is 11.4. The number of nitrogens with one attached hydrogen (secondary N) is 1. The molecule has 130 valence electrons. The maximum absolute atomic E-state index is 12.2. The van der Waals surface area contributed by atoms with E-state index in [-0.39, 0.29) is 37.4 Å². The van der Waals surface area contributed by atoms with Gasteiger partial charge < -0.3 is 15.0 Å². The van der Waals surface area contributed by atoms with Crippen molar-refractivity contribution in [2.24, 2.45) is 5.92 Å². The van der Waals surface area contributed by atoms with Crippen LogP contribution in [-0.4, -0.2) is 43.2 Å². The molecule has 2 amide bonds. The Morgan fingerprint density at radius 3 is 2.83 bits per heavy atom. The van der Waals surface area contributed by atoms with Gasteiger partial charge in [0.15, 0.2) is 6.61 Å². The van der Waals surface area contributed by atoms with Gasteiger partial charge in [-0.3, -0.25) is 14.4 Å². The molecule has 0 spiro atoms. The number of amides is 2. The van der Waals surface area contributed by atoms with Gasteiger partial charge in [0.05, 0.1) is 5.92 Å². The van der Waals surface area contributed by atoms with E-state index in [0.29, 0.717) is 0 Å². The molecule has 0 aromatic heterocycles. The molecule has 24 heavy (non-hydrogen) atoms. The lowest BCUT2D eigenvalue weighted by atomic mass is 10.1. The molecule has 1 aliphatic heterocycles. The lowest BCUT2D eigenvalue weighted by Gasteiger charge is -2.17. The van der Waals surface area contributed by atoms with Gasteiger partial charge in [0, 0.05) is 29.6 Å². The van der Waals surface area contributed by atoms with Crippen LogP contribution in [0.1, 0.15) is 20.3 Å². The quantitative estimate of drug-likeness (QED) is 0.626. The van der Waals surface area contributed by atoms with Gasteiger partial charge in [-0.2, -0.15) is 0 Å². The van der Waals surface area contributed by atoms with Gasteiger partial charge in [-0.25, -0.2) is 0 Å². The Labute approximate surface area is 145 Å². The molecule has 0 saturated carbocycles. The van der Waals surface area contributed by atoms with Gasteiger partial charge in [0.25, 0.3) is 5.91 Å². The second-order valence-corrected chi connectivity index (χ2v) is 6.82. The Bertz CT molecular complexity index is 633. The number of carbonyl (C=O) groups is 3. The Hall–Kier alpha value is -2.02. The van der Waals surface area contributed by atoms with Gasteiger partial charge in [0.1, 0.15) is 0 Å². The monoisotopic (exact) mass is 350 g/mol. The zero-order chi connectivity index (χ0) is 17.7. The first kappa shape index (κ1) is 18.3. The van der Waals surface area contributed by atoms with Gasteiger partial charge in [-0.1, -0.05) is 6.07 Å². The molecule has 7 heteroatoms. The van der Waals surface area contributed by atoms with Crippen molar-refractivity contribution in [3.63, 3.8) is 0 Å². The van der Waals surface area contributed by atoms with Crippen molar-refractivity contribution in [2.75, 3.05) is 24.3 Å². The second-order valence-electron chi connectivity index (χ2n) is 5.94. The first-order valence-electron chi connectivity index (χ1n) is 7.81. The molecular formula is C17H22N2O4S. The van der Waals surface area contributed by atoms with Crippen LogP contribution < -0.4 is 10.2 Å². The van der Waals surface area contributed by atoms with Crippen molar-refractivity contribution >= 4 is 35.2 Å². The molecule has 1 heterocycles. The SMILES string of the molecule is CSc1cccc(N2C[C@H](C(=O)OCC(=O)NC(C)C)CC2=O)c1. The maximum atomic E-state index is 12.2. The zero-order valence-corrected chi connectivity index (χ0v) is 14.9. The van der Waals surface area contributed by atoms with E-state index in [4.69, 9.17) is 4.74 Å². The molecule has 0 radical (unpaired) electrons. The molecule has 1 atom stereocenters. The fourth-order valence-electron chi connectivity index (χ4n) is 2.51. The normalized spacial score (nSPS) is 17.2. The van der Waals surface area contributed by atoms with Crippen molar-refractivity contribution in [3.8, 4) is 0 Å². The van der Waals surface area contributed by atoms with Crippen LogP contribution in [0.3, 0.4) is 0 Å². The summed E-state index contributed by atoms with van der Waals surface area (Å²) in [7, 11) is 0. The number of carbonyl (C=O) groups excluding carboxylic acids is 3. The van der Waals surface area contributed by atoms with E-state index in [0.717, 1.165) is 10.6 Å². The summed E-state index contributed by atoms with van der Waals surface area (Å²) in [5.74, 6) is -1.50. The maximum Gasteiger partial charge on any atom is 0.311 e. The molecule has 0 unspecified atom stereocenters. The Morgan fingerprint density at radius 1 is 1.42 bits per heavy atom. The minimum absolute atomic E-state index is 0.0107. The van der Waals surface area contributed by atoms with Crippen LogP contribution in [0.25, 0.3) is 0 Å². The Kier molecular flexibility index (Phi) is 6.25. The number of rotatable bonds is 6. The highest BCUT2D eigenvalue weighted by atomic mass is 32.2. The third-order valence-corrected chi connectivity index (χ3v) is 4.34. The summed E-state index contributed by atoms with van der Waals surface area (Å²) in [6, 6.07) is 7.61. The fourth-order valence-corrected chi connectivity index (χ4v) is 2.96. The summed E-state index contributed by atoms with van der Waals surface area (Å²) >= 11 is 1.59. The van der Waals surface area contributed by atoms with E-state index in [1.807, 2.05) is 44.4 Å². The first-order valence-corrected chi connectivity index (χ1v) is 9.03. The summed E-state index contributed by atoms with van der Waals surface area (Å²) in [5.41, 5.74) is 0.778. The number of ether oxygens (including phenoxy) is 1. The molecule has 6 nitrogen and oxygen atoms in total. The van der Waals surface area contributed by atoms with Crippen LogP contribution in [0.15, 0.2) is 29.2 Å². The van der Waals surface area contributed by atoms with E-state index in [9.17, 15) is 14.4 Å². The zero-order valence-electron chi connectivity index (χ0n) is 14.1. The van der Waals surface area contributed by atoms with E-state index in [1.165, 1.54) is 0 Å². The number of hydrogen-bond donors (Lipinski definition) is 1. The van der Waals surface area contributed by atoms with Crippen molar-refractivity contribution in [1.82, 2.24) is 5.32 Å². The van der Waals surface area contributed by atoms with Gasteiger partial charge >= 0.3 is 5.97 Å². The van der Waals surface area contributed by atoms with Crippen molar-refractivity contribution in [2.45, 2.75) is 31.2 Å². The van der Waals surface area contributed by atoms with Crippen LogP contribution in [0.2, 0.25) is 0 Å². The molecule has 1 aromatic rings. The molecule has 1 saturated heterocycles. The third kappa shape index (κ3) is 4.74. The van der Waals surface area contributed by atoms with E-state index >= 15 is 0 Å². The van der Waals surface area contributed by atoms with Crippen LogP contribution in [0, 0.1) is 5.92 Å². The van der Waals surface area contributed by atoms with Gasteiger partial charge in [-0.15, -0.1) is 11.8 Å². The van der Waals surface area contributed by atoms with E-state index in [2.05, 4.69) is 5.32 Å². The van der Waals surface area contributed by atoms with E-state index in [1.54, 1.807) is 16.7 Å². The summed E-state index contributed by atoms with van der Waals surface area (Å²) in [4.78, 5) is 38.5. The lowest BCUT2D eigenvalue weighted by Crippen LogP contribution is -2.35. The predicted molar refractivity (Wildman–Crippen MR) is 92.9 cm³/mol. The van der Waals surface area contributed by atoms with Crippen LogP contribution in [-0.2, 0) is 19.1 Å². The molecule has 0 bridgehead atoms. The summed E-state index contributed by atoms with van der Waals surface area (Å²) < 4.78 is 5.03. The third-order valence-electron chi connectivity index (χ3n) is 3.62. The molecule has 1 aromatic carbocycles. The summed E-state index contributed by atoms with van der Waals surface area (Å²) in [6.45, 7) is 3.62. The molecule has 1 N–H and O–H groups in total. The Morgan fingerprint density at radius 2 is 2.17 bits per heavy atom. The number of anilines is 1. The van der Waals surface area contributed by atoms with Gasteiger partial charge in [-0.05, 0) is 38.3 Å². The largest absolute Gasteiger partial charge is 0.455 e. The summed E-state index contributed by atoms with van der Waals surface area (Å²) in [6.07, 6.45) is 2.07. The average Bonchev–Trinajstić information content (AvgIpc) is 2.94. The molecule has 0 aliphatic carbocycles. The second kappa shape index (κ2) is 8.19. The fraction of sp³-hybridized carbons (Fsp3) is 0.471. The highest BCUT2D eigenvalue weighted by molar-refractivity contribution is 7.98. The van der Waals surface area contributed by atoms with Crippen LogP contribution >= 0.6 is 11.8 Å². The van der Waals surface area contributed by atoms with Crippen molar-refractivity contribution < 1.29 is 19.1 Å². The minimum atomic E-state index is -0.540. The Balaban J connectivity index is 1.93. The number of esters is 1. The van der Waals surface area contributed by atoms with Crippen molar-refractivity contribution in [1.29, 1.82) is 0 Å². The molecular weight excluding hydrogens is 328 g/mol. The van der Waals surface area contributed by atoms with Crippen LogP contribution in [0.4, 0.5) is 5.69 Å². The van der Waals surface area contributed by atoms with Crippen LogP contribution in [0.5, 0.6) is 0 Å². The van der Waals surface area contributed by atoms with E-state index < -0.39 is 11.9 Å². The molecule has 2 rings (SSSR count). The number of nitrogens with zero attached hydrogens (tertiary/aromatic N) is 1. The number of hydrogen-bond acceptors (Lipinski definition) is 5. The summed E-state index contributed by atoms with van der Waals surface area (Å²) in [5, 5.41) is 2.65. The highest BCUT2D eigenvalue weighted by Gasteiger charge is 2.36. The topological polar surface area (TPSA) is 75.7 Å². The average molecular weight is 350 g/mol. The molecule has 1 aliphatic rings. The smallest absolute Gasteiger partial charge is 0.311 e.